The molecule has 0 aliphatic carbocycles. The number of amides is 2. The third-order valence-corrected chi connectivity index (χ3v) is 7.56. The van der Waals surface area contributed by atoms with Gasteiger partial charge in [-0.3, -0.25) is 14.4 Å². The van der Waals surface area contributed by atoms with Crippen LogP contribution in [0.1, 0.15) is 61.3 Å². The van der Waals surface area contributed by atoms with Crippen molar-refractivity contribution in [2.45, 2.75) is 63.6 Å². The third-order valence-electron chi connectivity index (χ3n) is 7.56. The van der Waals surface area contributed by atoms with Gasteiger partial charge in [0, 0.05) is 12.8 Å². The van der Waals surface area contributed by atoms with E-state index in [0.29, 0.717) is 25.9 Å². The Balaban J connectivity index is 1.36. The fraction of sp³-hybridized carbons (Fsp3) is 0.361. The van der Waals surface area contributed by atoms with Gasteiger partial charge in [-0.15, -0.1) is 0 Å². The maximum absolute atomic E-state index is 13.5. The number of carbonyl (C=O) groups excluding carboxylic acids is 3. The molecule has 3 aromatic carbocycles. The van der Waals surface area contributed by atoms with Gasteiger partial charge in [0.1, 0.15) is 19.0 Å². The maximum atomic E-state index is 13.5. The average Bonchev–Trinajstić information content (AvgIpc) is 3.05. The number of benzene rings is 3. The normalized spacial score (nSPS) is 18.8. The first kappa shape index (κ1) is 32.5. The highest BCUT2D eigenvalue weighted by Gasteiger charge is 2.26. The molecule has 3 atom stereocenters. The van der Waals surface area contributed by atoms with Crippen molar-refractivity contribution in [3.05, 3.63) is 114 Å². The Hall–Kier alpha value is -4.43. The molecule has 1 aliphatic heterocycles. The van der Waals surface area contributed by atoms with E-state index < -0.39 is 18.0 Å². The number of nitrogens with one attached hydrogen (secondary N) is 2. The number of cyclic esters (lactones) is 1. The van der Waals surface area contributed by atoms with E-state index in [1.165, 1.54) is 0 Å². The van der Waals surface area contributed by atoms with Gasteiger partial charge in [-0.05, 0) is 60.9 Å². The van der Waals surface area contributed by atoms with E-state index in [2.05, 4.69) is 10.6 Å². The van der Waals surface area contributed by atoms with Crippen LogP contribution in [0, 0.1) is 5.92 Å². The Morgan fingerprint density at radius 2 is 1.66 bits per heavy atom. The highest BCUT2D eigenvalue weighted by Crippen LogP contribution is 2.19. The lowest BCUT2D eigenvalue weighted by molar-refractivity contribution is -0.145. The summed E-state index contributed by atoms with van der Waals surface area (Å²) in [4.78, 5) is 38.9. The van der Waals surface area contributed by atoms with Gasteiger partial charge in [0.2, 0.25) is 11.8 Å². The molecular weight excluding hydrogens is 556 g/mol. The summed E-state index contributed by atoms with van der Waals surface area (Å²) in [5.74, 6) is -0.792. The predicted molar refractivity (Wildman–Crippen MR) is 169 cm³/mol. The molecule has 2 amide bonds. The molecule has 8 nitrogen and oxygen atoms in total. The minimum absolute atomic E-state index is 0.0199. The highest BCUT2D eigenvalue weighted by molar-refractivity contribution is 5.86. The number of hydrogen-bond acceptors (Lipinski definition) is 6. The summed E-state index contributed by atoms with van der Waals surface area (Å²) in [6, 6.07) is 25.8. The Labute approximate surface area is 259 Å². The van der Waals surface area contributed by atoms with Crippen molar-refractivity contribution >= 4 is 17.8 Å². The van der Waals surface area contributed by atoms with Crippen LogP contribution in [0.15, 0.2) is 97.1 Å². The van der Waals surface area contributed by atoms with Crippen molar-refractivity contribution in [3.63, 3.8) is 0 Å². The lowest BCUT2D eigenvalue weighted by Gasteiger charge is -2.23. The summed E-state index contributed by atoms with van der Waals surface area (Å²) >= 11 is 0. The quantitative estimate of drug-likeness (QED) is 0.218. The monoisotopic (exact) mass is 598 g/mol. The van der Waals surface area contributed by atoms with E-state index in [0.717, 1.165) is 41.7 Å². The largest absolute Gasteiger partial charge is 0.489 e. The first-order chi connectivity index (χ1) is 21.5. The molecule has 0 radical (unpaired) electrons. The molecule has 0 unspecified atom stereocenters. The number of aliphatic hydroxyl groups excluding tert-OH is 1. The fourth-order valence-corrected chi connectivity index (χ4v) is 5.06. The van der Waals surface area contributed by atoms with Gasteiger partial charge < -0.3 is 25.2 Å². The topological polar surface area (TPSA) is 114 Å². The van der Waals surface area contributed by atoms with Crippen LogP contribution in [0.25, 0.3) is 0 Å². The summed E-state index contributed by atoms with van der Waals surface area (Å²) in [6.07, 6.45) is 7.40. The Bertz CT molecular complexity index is 1340. The molecule has 0 saturated carbocycles. The van der Waals surface area contributed by atoms with Crippen molar-refractivity contribution in [1.29, 1.82) is 0 Å². The fourth-order valence-electron chi connectivity index (χ4n) is 5.06. The molecule has 0 aromatic heterocycles. The average molecular weight is 599 g/mol. The van der Waals surface area contributed by atoms with Gasteiger partial charge in [-0.25, -0.2) is 0 Å². The lowest BCUT2D eigenvalue weighted by atomic mass is 9.97. The van der Waals surface area contributed by atoms with Crippen LogP contribution in [-0.2, 0) is 32.1 Å². The smallest absolute Gasteiger partial charge is 0.305 e. The van der Waals surface area contributed by atoms with Crippen molar-refractivity contribution in [3.8, 4) is 5.75 Å². The molecule has 3 aromatic rings. The van der Waals surface area contributed by atoms with Crippen LogP contribution < -0.4 is 15.4 Å². The zero-order chi connectivity index (χ0) is 31.0. The first-order valence-corrected chi connectivity index (χ1v) is 15.3. The zero-order valence-electron chi connectivity index (χ0n) is 25.0. The number of aliphatic hydroxyl groups is 1. The van der Waals surface area contributed by atoms with Gasteiger partial charge in [0.15, 0.2) is 0 Å². The summed E-state index contributed by atoms with van der Waals surface area (Å²) in [7, 11) is 0. The number of rotatable bonds is 10. The van der Waals surface area contributed by atoms with E-state index >= 15 is 0 Å². The number of esters is 1. The SMILES string of the molecule is O=C(C[C@H]1CC=CCCCCC(=O)OC[C@@H](c2ccccc2)NC1=O)N[C@H](CO)Cc1ccc(OCc2ccccc2)cc1. The second kappa shape index (κ2) is 17.6. The molecule has 8 heteroatoms. The number of carbonyl (C=O) groups is 3. The Kier molecular flexibility index (Phi) is 13.0. The number of ether oxygens (including phenoxy) is 2. The Morgan fingerprint density at radius 1 is 0.932 bits per heavy atom. The van der Waals surface area contributed by atoms with E-state index in [1.54, 1.807) is 0 Å². The molecule has 0 saturated heterocycles. The molecule has 0 bridgehead atoms. The van der Waals surface area contributed by atoms with Gasteiger partial charge in [-0.2, -0.15) is 0 Å². The maximum Gasteiger partial charge on any atom is 0.305 e. The van der Waals surface area contributed by atoms with Crippen molar-refractivity contribution in [2.75, 3.05) is 13.2 Å². The van der Waals surface area contributed by atoms with Crippen molar-refractivity contribution in [2.24, 2.45) is 5.92 Å². The van der Waals surface area contributed by atoms with Crippen LogP contribution in [-0.4, -0.2) is 42.1 Å². The van der Waals surface area contributed by atoms with E-state index in [4.69, 9.17) is 9.47 Å². The predicted octanol–water partition coefficient (Wildman–Crippen LogP) is 5.21. The summed E-state index contributed by atoms with van der Waals surface area (Å²) in [5, 5.41) is 15.9. The van der Waals surface area contributed by atoms with Gasteiger partial charge in [-0.1, -0.05) is 84.9 Å². The second-order valence-electron chi connectivity index (χ2n) is 11.1. The third kappa shape index (κ3) is 11.0. The summed E-state index contributed by atoms with van der Waals surface area (Å²) < 4.78 is 11.4. The van der Waals surface area contributed by atoms with Gasteiger partial charge >= 0.3 is 5.97 Å². The molecule has 0 fully saturated rings. The molecule has 232 valence electrons. The highest BCUT2D eigenvalue weighted by atomic mass is 16.5. The standard InChI is InChI=1S/C36H42N2O6/c39-24-31(22-27-18-20-32(21-19-27)43-25-28-12-6-4-7-13-28)37-34(40)23-30-16-8-2-1-3-11-17-35(41)44-26-33(38-36(30)42)29-14-9-5-10-15-29/h2,4-10,12-15,18-21,30-31,33,39H,1,3,11,16-17,22-26H2,(H,37,40)(H,38,42)/t30-,31+,33+/m1/s1. The summed E-state index contributed by atoms with van der Waals surface area (Å²) in [5.41, 5.74) is 2.84. The second-order valence-corrected chi connectivity index (χ2v) is 11.1. The molecule has 0 spiro atoms. The van der Waals surface area contributed by atoms with E-state index in [-0.39, 0.29) is 37.4 Å². The first-order valence-electron chi connectivity index (χ1n) is 15.3. The van der Waals surface area contributed by atoms with Gasteiger partial charge in [0.05, 0.1) is 24.6 Å². The molecule has 1 heterocycles. The minimum atomic E-state index is -0.628. The molecule has 1 aliphatic rings. The van der Waals surface area contributed by atoms with Gasteiger partial charge in [0.25, 0.3) is 0 Å². The van der Waals surface area contributed by atoms with Crippen LogP contribution in [0.2, 0.25) is 0 Å². The molecule has 44 heavy (non-hydrogen) atoms. The number of hydrogen-bond donors (Lipinski definition) is 3. The van der Waals surface area contributed by atoms with Crippen LogP contribution >= 0.6 is 0 Å². The van der Waals surface area contributed by atoms with E-state index in [9.17, 15) is 19.5 Å². The zero-order valence-corrected chi connectivity index (χ0v) is 25.0. The van der Waals surface area contributed by atoms with Crippen LogP contribution in [0.3, 0.4) is 0 Å². The van der Waals surface area contributed by atoms with Crippen LogP contribution in [0.4, 0.5) is 0 Å². The van der Waals surface area contributed by atoms with Crippen LogP contribution in [0.5, 0.6) is 5.75 Å². The Morgan fingerprint density at radius 3 is 2.39 bits per heavy atom. The summed E-state index contributed by atoms with van der Waals surface area (Å²) in [6.45, 7) is 0.249. The van der Waals surface area contributed by atoms with E-state index in [1.807, 2.05) is 97.1 Å². The van der Waals surface area contributed by atoms with Crippen molar-refractivity contribution < 1.29 is 29.0 Å². The number of allylic oxidation sites excluding steroid dienone is 2. The molecular formula is C36H42N2O6. The van der Waals surface area contributed by atoms with Crippen molar-refractivity contribution in [1.82, 2.24) is 10.6 Å². The minimum Gasteiger partial charge on any atom is -0.489 e. The molecule has 4 rings (SSSR count). The lowest BCUT2D eigenvalue weighted by Crippen LogP contribution is -2.42. The molecule has 3 N–H and O–H groups in total.